The third kappa shape index (κ3) is 1.87. The maximum Gasteiger partial charge on any atom is 0.236 e. The zero-order chi connectivity index (χ0) is 15.2. The van der Waals surface area contributed by atoms with Crippen LogP contribution in [0.25, 0.3) is 0 Å². The van der Waals surface area contributed by atoms with Gasteiger partial charge in [-0.15, -0.1) is 0 Å². The van der Waals surface area contributed by atoms with Gasteiger partial charge in [0.05, 0.1) is 5.41 Å². The van der Waals surface area contributed by atoms with Crippen LogP contribution >= 0.6 is 0 Å². The Labute approximate surface area is 129 Å². The molecule has 2 aliphatic rings. The molecule has 4 nitrogen and oxygen atoms in total. The lowest BCUT2D eigenvalue weighted by Crippen LogP contribution is -2.50. The third-order valence-corrected chi connectivity index (χ3v) is 4.88. The van der Waals surface area contributed by atoms with E-state index in [0.29, 0.717) is 0 Å². The molecule has 4 heteroatoms. The van der Waals surface area contributed by atoms with Gasteiger partial charge in [-0.1, -0.05) is 18.2 Å². The number of nitrogens with two attached hydrogens (primary N) is 1. The maximum atomic E-state index is 12.7. The van der Waals surface area contributed by atoms with E-state index in [9.17, 15) is 4.79 Å². The first-order valence-electron chi connectivity index (χ1n) is 7.70. The first kappa shape index (κ1) is 13.2. The summed E-state index contributed by atoms with van der Waals surface area (Å²) in [6, 6.07) is 16.0. The number of nitrogens with one attached hydrogen (secondary N) is 1. The topological polar surface area (TPSA) is 58.4 Å². The molecule has 0 aromatic heterocycles. The van der Waals surface area contributed by atoms with Crippen molar-refractivity contribution < 1.29 is 4.79 Å². The molecule has 4 rings (SSSR count). The van der Waals surface area contributed by atoms with Gasteiger partial charge in [-0.25, -0.2) is 0 Å². The van der Waals surface area contributed by atoms with Gasteiger partial charge in [-0.3, -0.25) is 4.79 Å². The highest BCUT2D eigenvalue weighted by atomic mass is 16.2. The van der Waals surface area contributed by atoms with Crippen LogP contribution in [0.5, 0.6) is 0 Å². The Morgan fingerprint density at radius 2 is 1.86 bits per heavy atom. The van der Waals surface area contributed by atoms with Crippen LogP contribution in [-0.4, -0.2) is 19.0 Å². The molecule has 2 aliphatic heterocycles. The summed E-state index contributed by atoms with van der Waals surface area (Å²) < 4.78 is 0. The number of anilines is 3. The minimum absolute atomic E-state index is 0.133. The monoisotopic (exact) mass is 293 g/mol. The Morgan fingerprint density at radius 3 is 2.68 bits per heavy atom. The molecule has 1 amide bonds. The first-order chi connectivity index (χ1) is 10.7. The number of rotatable bonds is 1. The summed E-state index contributed by atoms with van der Waals surface area (Å²) in [5.41, 5.74) is 9.35. The minimum Gasteiger partial charge on any atom is -0.399 e. The fraction of sp³-hybridized carbons (Fsp3) is 0.278. The lowest BCUT2D eigenvalue weighted by Gasteiger charge is -2.40. The fourth-order valence-electron chi connectivity index (χ4n) is 3.74. The summed E-state index contributed by atoms with van der Waals surface area (Å²) in [5.74, 6) is 0.133. The van der Waals surface area contributed by atoms with Gasteiger partial charge in [0.1, 0.15) is 0 Å². The summed E-state index contributed by atoms with van der Waals surface area (Å²) in [6.07, 6.45) is 1.91. The van der Waals surface area contributed by atoms with Crippen molar-refractivity contribution in [3.63, 3.8) is 0 Å². The summed E-state index contributed by atoms with van der Waals surface area (Å²) in [4.78, 5) is 15.0. The molecule has 0 saturated carbocycles. The van der Waals surface area contributed by atoms with Crippen molar-refractivity contribution in [2.75, 3.05) is 29.0 Å². The van der Waals surface area contributed by atoms with E-state index in [1.807, 2.05) is 42.5 Å². The van der Waals surface area contributed by atoms with E-state index in [-0.39, 0.29) is 5.91 Å². The predicted molar refractivity (Wildman–Crippen MR) is 89.1 cm³/mol. The number of para-hydroxylation sites is 1. The quantitative estimate of drug-likeness (QED) is 0.795. The number of amides is 1. The molecule has 112 valence electrons. The molecule has 2 heterocycles. The van der Waals surface area contributed by atoms with Gasteiger partial charge < -0.3 is 16.0 Å². The number of carbonyl (C=O) groups excluding carboxylic acids is 1. The molecular weight excluding hydrogens is 274 g/mol. The predicted octanol–water partition coefficient (Wildman–Crippen LogP) is 2.76. The smallest absolute Gasteiger partial charge is 0.236 e. The highest BCUT2D eigenvalue weighted by Crippen LogP contribution is 2.44. The zero-order valence-electron chi connectivity index (χ0n) is 12.4. The maximum absolute atomic E-state index is 12.7. The molecule has 22 heavy (non-hydrogen) atoms. The van der Waals surface area contributed by atoms with Crippen LogP contribution in [0.15, 0.2) is 48.5 Å². The number of fused-ring (bicyclic) bond motifs is 2. The molecule has 2 aromatic rings. The molecule has 0 radical (unpaired) electrons. The van der Waals surface area contributed by atoms with Crippen LogP contribution in [0.3, 0.4) is 0 Å². The van der Waals surface area contributed by atoms with Crippen molar-refractivity contribution in [2.24, 2.45) is 0 Å². The van der Waals surface area contributed by atoms with Gasteiger partial charge in [0.25, 0.3) is 0 Å². The molecule has 1 spiro atoms. The van der Waals surface area contributed by atoms with E-state index < -0.39 is 5.41 Å². The number of hydrogen-bond acceptors (Lipinski definition) is 3. The van der Waals surface area contributed by atoms with E-state index in [1.165, 1.54) is 0 Å². The number of benzene rings is 2. The third-order valence-electron chi connectivity index (χ3n) is 4.88. The Balaban J connectivity index is 1.71. The number of piperidine rings is 1. The van der Waals surface area contributed by atoms with Crippen molar-refractivity contribution in [2.45, 2.75) is 18.3 Å². The molecule has 0 bridgehead atoms. The average Bonchev–Trinajstić information content (AvgIpc) is 2.81. The van der Waals surface area contributed by atoms with Crippen LogP contribution in [0.4, 0.5) is 17.1 Å². The van der Waals surface area contributed by atoms with Crippen molar-refractivity contribution in [1.82, 2.24) is 0 Å². The van der Waals surface area contributed by atoms with E-state index in [2.05, 4.69) is 16.3 Å². The SMILES string of the molecule is Nc1ccc(N2CCCC3(C2)C(=O)Nc2ccccc23)cc1. The first-order valence-corrected chi connectivity index (χ1v) is 7.70. The Kier molecular flexibility index (Phi) is 2.86. The summed E-state index contributed by atoms with van der Waals surface area (Å²) in [5, 5.41) is 3.05. The summed E-state index contributed by atoms with van der Waals surface area (Å²) >= 11 is 0. The molecule has 2 aromatic carbocycles. The molecule has 1 saturated heterocycles. The lowest BCUT2D eigenvalue weighted by atomic mass is 9.75. The molecule has 0 aliphatic carbocycles. The van der Waals surface area contributed by atoms with Gasteiger partial charge in [-0.05, 0) is 48.7 Å². The van der Waals surface area contributed by atoms with Crippen LogP contribution in [-0.2, 0) is 10.2 Å². The van der Waals surface area contributed by atoms with Crippen LogP contribution in [0, 0.1) is 0 Å². The second kappa shape index (κ2) is 4.77. The molecule has 1 unspecified atom stereocenters. The number of nitrogen functional groups attached to an aromatic ring is 1. The Morgan fingerprint density at radius 1 is 1.09 bits per heavy atom. The molecule has 3 N–H and O–H groups in total. The Bertz CT molecular complexity index is 725. The average molecular weight is 293 g/mol. The van der Waals surface area contributed by atoms with Crippen molar-refractivity contribution in [3.8, 4) is 0 Å². The van der Waals surface area contributed by atoms with Crippen molar-refractivity contribution in [3.05, 3.63) is 54.1 Å². The summed E-state index contributed by atoms with van der Waals surface area (Å²) in [6.45, 7) is 1.70. The highest BCUT2D eigenvalue weighted by molar-refractivity contribution is 6.06. The van der Waals surface area contributed by atoms with E-state index >= 15 is 0 Å². The van der Waals surface area contributed by atoms with Gasteiger partial charge >= 0.3 is 0 Å². The number of carbonyl (C=O) groups is 1. The van der Waals surface area contributed by atoms with Crippen molar-refractivity contribution >= 4 is 23.0 Å². The van der Waals surface area contributed by atoms with Gasteiger partial charge in [0.15, 0.2) is 0 Å². The minimum atomic E-state index is -0.420. The normalized spacial score (nSPS) is 23.5. The van der Waals surface area contributed by atoms with Crippen LogP contribution in [0.1, 0.15) is 18.4 Å². The largest absolute Gasteiger partial charge is 0.399 e. The van der Waals surface area contributed by atoms with E-state index in [1.54, 1.807) is 0 Å². The van der Waals surface area contributed by atoms with E-state index in [0.717, 1.165) is 48.6 Å². The lowest BCUT2D eigenvalue weighted by molar-refractivity contribution is -0.121. The van der Waals surface area contributed by atoms with E-state index in [4.69, 9.17) is 5.73 Å². The number of hydrogen-bond donors (Lipinski definition) is 2. The van der Waals surface area contributed by atoms with Crippen LogP contribution in [0.2, 0.25) is 0 Å². The fourth-order valence-corrected chi connectivity index (χ4v) is 3.74. The van der Waals surface area contributed by atoms with Gasteiger partial charge in [0.2, 0.25) is 5.91 Å². The Hall–Kier alpha value is -2.49. The number of nitrogens with zero attached hydrogens (tertiary/aromatic N) is 1. The molecular formula is C18H19N3O. The van der Waals surface area contributed by atoms with Crippen LogP contribution < -0.4 is 16.0 Å². The summed E-state index contributed by atoms with van der Waals surface area (Å²) in [7, 11) is 0. The zero-order valence-corrected chi connectivity index (χ0v) is 12.4. The standard InChI is InChI=1S/C18H19N3O/c19-13-6-8-14(9-7-13)21-11-3-10-18(12-21)15-4-1-2-5-16(15)20-17(18)22/h1-2,4-9H,3,10-12,19H2,(H,20,22). The van der Waals surface area contributed by atoms with Gasteiger partial charge in [-0.2, -0.15) is 0 Å². The second-order valence-corrected chi connectivity index (χ2v) is 6.20. The molecule has 1 atom stereocenters. The van der Waals surface area contributed by atoms with Crippen molar-refractivity contribution in [1.29, 1.82) is 0 Å². The second-order valence-electron chi connectivity index (χ2n) is 6.20. The molecule has 1 fully saturated rings. The van der Waals surface area contributed by atoms with Gasteiger partial charge in [0, 0.05) is 30.2 Å². The highest BCUT2D eigenvalue weighted by Gasteiger charge is 2.49.